The molecule has 0 saturated carbocycles. The normalized spacial score (nSPS) is 22.1. The van der Waals surface area contributed by atoms with Gasteiger partial charge in [0.05, 0.1) is 38.6 Å². The van der Waals surface area contributed by atoms with Crippen molar-refractivity contribution in [1.29, 1.82) is 0 Å². The maximum Gasteiger partial charge on any atom is 0.408 e. The van der Waals surface area contributed by atoms with Gasteiger partial charge in [0.25, 0.3) is 0 Å². The molecule has 0 bridgehead atoms. The number of ether oxygens (including phenoxy) is 3. The Morgan fingerprint density at radius 3 is 2.34 bits per heavy atom. The van der Waals surface area contributed by atoms with Gasteiger partial charge in [-0.2, -0.15) is 0 Å². The lowest BCUT2D eigenvalue weighted by Crippen LogP contribution is -2.57. The smallest absolute Gasteiger partial charge is 0.408 e. The first kappa shape index (κ1) is 29.8. The molecule has 2 aliphatic heterocycles. The van der Waals surface area contributed by atoms with Gasteiger partial charge < -0.3 is 29.3 Å². The molecule has 11 nitrogen and oxygen atoms in total. The SMILES string of the molecule is COO[C@@H]1C[C@]2(CC(c3cc(Cl)c(OC)cc3OC)=NO2)CN1C(=O)[C@@H](NC(=O)OC(C)(C)C)C(C)(C)C. The molecule has 0 aliphatic carbocycles. The lowest BCUT2D eigenvalue weighted by molar-refractivity contribution is -0.326. The van der Waals surface area contributed by atoms with Gasteiger partial charge in [-0.25, -0.2) is 14.6 Å². The maximum absolute atomic E-state index is 13.9. The number of halogens is 1. The number of hydrogen-bond acceptors (Lipinski definition) is 9. The first-order valence-electron chi connectivity index (χ1n) is 12.3. The molecule has 2 heterocycles. The molecule has 3 atom stereocenters. The van der Waals surface area contributed by atoms with Crippen molar-refractivity contribution in [3.05, 3.63) is 22.7 Å². The van der Waals surface area contributed by atoms with E-state index in [0.717, 1.165) is 0 Å². The number of carbonyl (C=O) groups is 2. The number of nitrogens with zero attached hydrogens (tertiary/aromatic N) is 2. The molecular weight excluding hydrogens is 518 g/mol. The van der Waals surface area contributed by atoms with Crippen molar-refractivity contribution in [2.75, 3.05) is 27.9 Å². The molecule has 1 spiro atoms. The lowest BCUT2D eigenvalue weighted by atomic mass is 9.86. The number of rotatable bonds is 7. The molecule has 1 saturated heterocycles. The number of oxime groups is 1. The number of likely N-dealkylation sites (tertiary alicyclic amines) is 1. The Hall–Kier alpha value is -2.76. The summed E-state index contributed by atoms with van der Waals surface area (Å²) in [5.74, 6) is 0.637. The predicted octanol–water partition coefficient (Wildman–Crippen LogP) is 4.30. The van der Waals surface area contributed by atoms with E-state index in [9.17, 15) is 9.59 Å². The van der Waals surface area contributed by atoms with Crippen LogP contribution in [-0.2, 0) is 24.1 Å². The van der Waals surface area contributed by atoms with Gasteiger partial charge in [0.1, 0.15) is 23.1 Å². The molecule has 12 heteroatoms. The van der Waals surface area contributed by atoms with E-state index in [4.69, 9.17) is 40.4 Å². The number of benzene rings is 1. The Morgan fingerprint density at radius 2 is 1.79 bits per heavy atom. The Balaban J connectivity index is 1.85. The van der Waals surface area contributed by atoms with Crippen LogP contribution in [0.25, 0.3) is 0 Å². The van der Waals surface area contributed by atoms with Crippen molar-refractivity contribution in [3.63, 3.8) is 0 Å². The van der Waals surface area contributed by atoms with Crippen LogP contribution in [0.15, 0.2) is 17.3 Å². The van der Waals surface area contributed by atoms with Crippen LogP contribution in [0.3, 0.4) is 0 Å². The quantitative estimate of drug-likeness (QED) is 0.391. The van der Waals surface area contributed by atoms with Crippen molar-refractivity contribution in [1.82, 2.24) is 10.2 Å². The van der Waals surface area contributed by atoms with Gasteiger partial charge in [0.15, 0.2) is 11.8 Å². The van der Waals surface area contributed by atoms with Crippen molar-refractivity contribution in [2.24, 2.45) is 10.6 Å². The van der Waals surface area contributed by atoms with Gasteiger partial charge in [-0.05, 0) is 32.3 Å². The van der Waals surface area contributed by atoms with E-state index in [1.54, 1.807) is 40.0 Å². The van der Waals surface area contributed by atoms with Crippen molar-refractivity contribution < 1.29 is 38.4 Å². The van der Waals surface area contributed by atoms with Crippen LogP contribution in [0.1, 0.15) is 59.9 Å². The molecule has 2 aliphatic rings. The highest BCUT2D eigenvalue weighted by Crippen LogP contribution is 2.42. The molecular formula is C26H38ClN3O8. The molecule has 0 unspecified atom stereocenters. The van der Waals surface area contributed by atoms with Crippen LogP contribution in [-0.4, -0.2) is 74.0 Å². The summed E-state index contributed by atoms with van der Waals surface area (Å²) < 4.78 is 16.2. The zero-order valence-electron chi connectivity index (χ0n) is 23.5. The average molecular weight is 556 g/mol. The first-order chi connectivity index (χ1) is 17.6. The number of methoxy groups -OCH3 is 2. The van der Waals surface area contributed by atoms with E-state index in [1.807, 2.05) is 20.8 Å². The van der Waals surface area contributed by atoms with E-state index < -0.39 is 35.0 Å². The van der Waals surface area contributed by atoms with Gasteiger partial charge in [0, 0.05) is 24.5 Å². The highest BCUT2D eigenvalue weighted by molar-refractivity contribution is 6.32. The third-order valence-corrected chi connectivity index (χ3v) is 6.54. The van der Waals surface area contributed by atoms with Crippen molar-refractivity contribution >= 4 is 29.3 Å². The minimum atomic E-state index is -0.905. The molecule has 1 aromatic rings. The summed E-state index contributed by atoms with van der Waals surface area (Å²) in [5.41, 5.74) is -0.960. The topological polar surface area (TPSA) is 117 Å². The summed E-state index contributed by atoms with van der Waals surface area (Å²) >= 11 is 6.37. The minimum absolute atomic E-state index is 0.154. The van der Waals surface area contributed by atoms with Crippen LogP contribution in [0, 0.1) is 5.41 Å². The van der Waals surface area contributed by atoms with Crippen LogP contribution in [0.4, 0.5) is 4.79 Å². The van der Waals surface area contributed by atoms with E-state index in [2.05, 4.69) is 10.5 Å². The van der Waals surface area contributed by atoms with Gasteiger partial charge in [-0.3, -0.25) is 4.79 Å². The molecule has 0 radical (unpaired) electrons. The fourth-order valence-electron chi connectivity index (χ4n) is 4.51. The third-order valence-electron chi connectivity index (χ3n) is 6.24. The predicted molar refractivity (Wildman–Crippen MR) is 140 cm³/mol. The van der Waals surface area contributed by atoms with E-state index in [-0.39, 0.29) is 18.9 Å². The number of hydrogen-bond donors (Lipinski definition) is 1. The minimum Gasteiger partial charge on any atom is -0.496 e. The van der Waals surface area contributed by atoms with Crippen LogP contribution in [0.5, 0.6) is 11.5 Å². The van der Waals surface area contributed by atoms with Gasteiger partial charge in [-0.15, -0.1) is 0 Å². The second-order valence-corrected chi connectivity index (χ2v) is 11.9. The Morgan fingerprint density at radius 1 is 1.13 bits per heavy atom. The molecule has 38 heavy (non-hydrogen) atoms. The van der Waals surface area contributed by atoms with Gasteiger partial charge in [-0.1, -0.05) is 37.5 Å². The van der Waals surface area contributed by atoms with Crippen LogP contribution < -0.4 is 14.8 Å². The molecule has 1 aromatic carbocycles. The summed E-state index contributed by atoms with van der Waals surface area (Å²) in [6.45, 7) is 11.0. The van der Waals surface area contributed by atoms with Crippen molar-refractivity contribution in [3.8, 4) is 11.5 Å². The third kappa shape index (κ3) is 6.62. The lowest BCUT2D eigenvalue weighted by Gasteiger charge is -2.35. The largest absolute Gasteiger partial charge is 0.496 e. The van der Waals surface area contributed by atoms with Crippen LogP contribution in [0.2, 0.25) is 5.02 Å². The Bertz CT molecular complexity index is 1080. The zero-order chi connectivity index (χ0) is 28.5. The molecule has 1 N–H and O–H groups in total. The fraction of sp³-hybridized carbons (Fsp3) is 0.654. The van der Waals surface area contributed by atoms with Gasteiger partial charge in [0.2, 0.25) is 5.91 Å². The summed E-state index contributed by atoms with van der Waals surface area (Å²) in [7, 11) is 4.44. The number of amides is 2. The number of alkyl carbamates (subject to hydrolysis) is 1. The second-order valence-electron chi connectivity index (χ2n) is 11.5. The average Bonchev–Trinajstić information content (AvgIpc) is 3.38. The summed E-state index contributed by atoms with van der Waals surface area (Å²) in [4.78, 5) is 44.3. The summed E-state index contributed by atoms with van der Waals surface area (Å²) in [5, 5.41) is 7.47. The fourth-order valence-corrected chi connectivity index (χ4v) is 4.75. The highest BCUT2D eigenvalue weighted by Gasteiger charge is 2.54. The van der Waals surface area contributed by atoms with Gasteiger partial charge >= 0.3 is 6.09 Å². The molecule has 3 rings (SSSR count). The van der Waals surface area contributed by atoms with Crippen molar-refractivity contribution in [2.45, 2.75) is 77.9 Å². The summed E-state index contributed by atoms with van der Waals surface area (Å²) in [6, 6.07) is 2.49. The number of nitrogens with one attached hydrogen (secondary N) is 1. The molecule has 1 fully saturated rings. The van der Waals surface area contributed by atoms with E-state index >= 15 is 0 Å². The second kappa shape index (κ2) is 11.2. The first-order valence-corrected chi connectivity index (χ1v) is 12.7. The molecule has 2 amide bonds. The Labute approximate surface area is 228 Å². The Kier molecular flexibility index (Phi) is 8.74. The molecule has 212 valence electrons. The van der Waals surface area contributed by atoms with E-state index in [1.165, 1.54) is 19.1 Å². The van der Waals surface area contributed by atoms with E-state index in [0.29, 0.717) is 34.2 Å². The highest BCUT2D eigenvalue weighted by atomic mass is 35.5. The maximum atomic E-state index is 13.9. The summed E-state index contributed by atoms with van der Waals surface area (Å²) in [6.07, 6.45) is -0.808. The standard InChI is InChI=1S/C26H38ClN3O8/c1-24(2,3)21(28-23(32)36-25(4,5)6)22(31)30-14-26(13-20(30)37-35-9)12-17(29-38-26)15-10-16(27)19(34-8)11-18(15)33-7/h10-11,20-21H,12-14H2,1-9H3,(H,28,32)/t20-,21-,26-/m1/s1. The zero-order valence-corrected chi connectivity index (χ0v) is 24.2. The molecule has 0 aromatic heterocycles. The monoisotopic (exact) mass is 555 g/mol. The number of carbonyl (C=O) groups excluding carboxylic acids is 2. The van der Waals surface area contributed by atoms with Crippen LogP contribution >= 0.6 is 11.6 Å².